The molecule has 6 heteroatoms. The van der Waals surface area contributed by atoms with Gasteiger partial charge in [0.1, 0.15) is 12.4 Å². The molecule has 0 fully saturated rings. The van der Waals surface area contributed by atoms with Crippen molar-refractivity contribution in [2.24, 2.45) is 0 Å². The Balaban J connectivity index is 2.08. The van der Waals surface area contributed by atoms with E-state index in [-0.39, 0.29) is 5.97 Å². The van der Waals surface area contributed by atoms with Crippen molar-refractivity contribution in [1.29, 1.82) is 0 Å². The molecule has 0 aliphatic heterocycles. The van der Waals surface area contributed by atoms with Crippen molar-refractivity contribution >= 4 is 21.9 Å². The van der Waals surface area contributed by atoms with Gasteiger partial charge in [-0.15, -0.1) is 0 Å². The molecule has 3 aromatic rings. The standard InChI is InChI=1S/C27H30BrNO4/c1-5-6-15-32-24-22(16-20(17-23(24)28)27(2,3)26(30)31-4)21-13-10-14-29-25(21)33-18-19-11-8-7-9-12-19/h7-14,16-17H,5-6,15,18H2,1-4H3. The Morgan fingerprint density at radius 2 is 1.79 bits per heavy atom. The van der Waals surface area contributed by atoms with Crippen LogP contribution >= 0.6 is 15.9 Å². The van der Waals surface area contributed by atoms with Gasteiger partial charge in [-0.25, -0.2) is 4.98 Å². The second kappa shape index (κ2) is 11.3. The summed E-state index contributed by atoms with van der Waals surface area (Å²) in [5.74, 6) is 0.888. The Morgan fingerprint density at radius 3 is 2.48 bits per heavy atom. The fraction of sp³-hybridized carbons (Fsp3) is 0.333. The Hall–Kier alpha value is -2.86. The summed E-state index contributed by atoms with van der Waals surface area (Å²) >= 11 is 3.67. The van der Waals surface area contributed by atoms with Gasteiger partial charge in [0.15, 0.2) is 0 Å². The van der Waals surface area contributed by atoms with Gasteiger partial charge in [-0.2, -0.15) is 0 Å². The first kappa shape index (κ1) is 24.8. The number of aromatic nitrogens is 1. The molecule has 0 saturated heterocycles. The Morgan fingerprint density at radius 1 is 1.03 bits per heavy atom. The van der Waals surface area contributed by atoms with E-state index in [0.717, 1.165) is 39.6 Å². The number of unbranched alkanes of at least 4 members (excludes halogenated alkanes) is 1. The van der Waals surface area contributed by atoms with E-state index in [1.54, 1.807) is 6.20 Å². The third-order valence-corrected chi connectivity index (χ3v) is 6.07. The molecule has 0 aliphatic rings. The van der Waals surface area contributed by atoms with Gasteiger partial charge < -0.3 is 14.2 Å². The van der Waals surface area contributed by atoms with E-state index in [4.69, 9.17) is 14.2 Å². The minimum Gasteiger partial charge on any atom is -0.492 e. The van der Waals surface area contributed by atoms with E-state index >= 15 is 0 Å². The highest BCUT2D eigenvalue weighted by Crippen LogP contribution is 2.43. The number of nitrogens with zero attached hydrogens (tertiary/aromatic N) is 1. The number of halogens is 1. The van der Waals surface area contributed by atoms with Gasteiger partial charge in [0.25, 0.3) is 0 Å². The van der Waals surface area contributed by atoms with Crippen LogP contribution in [0.2, 0.25) is 0 Å². The van der Waals surface area contributed by atoms with Crippen LogP contribution in [0.3, 0.4) is 0 Å². The summed E-state index contributed by atoms with van der Waals surface area (Å²) in [6.07, 6.45) is 3.67. The molecule has 0 atom stereocenters. The second-order valence-electron chi connectivity index (χ2n) is 8.28. The highest BCUT2D eigenvalue weighted by Gasteiger charge is 2.33. The van der Waals surface area contributed by atoms with Crippen molar-refractivity contribution in [2.45, 2.75) is 45.6 Å². The molecule has 0 saturated carbocycles. The summed E-state index contributed by atoms with van der Waals surface area (Å²) in [5, 5.41) is 0. The number of carbonyl (C=O) groups is 1. The quantitative estimate of drug-likeness (QED) is 0.223. The summed E-state index contributed by atoms with van der Waals surface area (Å²) in [7, 11) is 1.40. The summed E-state index contributed by atoms with van der Waals surface area (Å²) in [5.41, 5.74) is 2.61. The molecule has 5 nitrogen and oxygen atoms in total. The minimum atomic E-state index is -0.846. The van der Waals surface area contributed by atoms with Crippen molar-refractivity contribution < 1.29 is 19.0 Å². The Kier molecular flexibility index (Phi) is 8.50. The fourth-order valence-corrected chi connectivity index (χ4v) is 4.00. The van der Waals surface area contributed by atoms with E-state index in [2.05, 4.69) is 27.8 Å². The van der Waals surface area contributed by atoms with E-state index in [9.17, 15) is 4.79 Å². The van der Waals surface area contributed by atoms with Crippen molar-refractivity contribution in [2.75, 3.05) is 13.7 Å². The molecule has 0 spiro atoms. The topological polar surface area (TPSA) is 57.7 Å². The van der Waals surface area contributed by atoms with Gasteiger partial charge >= 0.3 is 5.97 Å². The zero-order valence-electron chi connectivity index (χ0n) is 19.6. The molecular formula is C27H30BrNO4. The number of esters is 1. The average molecular weight is 512 g/mol. The third kappa shape index (κ3) is 5.93. The average Bonchev–Trinajstić information content (AvgIpc) is 2.83. The highest BCUT2D eigenvalue weighted by atomic mass is 79.9. The molecule has 174 valence electrons. The van der Waals surface area contributed by atoms with Crippen molar-refractivity contribution in [3.05, 3.63) is 76.4 Å². The molecule has 0 N–H and O–H groups in total. The third-order valence-electron chi connectivity index (χ3n) is 5.48. The number of hydrogen-bond donors (Lipinski definition) is 0. The van der Waals surface area contributed by atoms with E-state index < -0.39 is 5.41 Å². The number of hydrogen-bond acceptors (Lipinski definition) is 5. The lowest BCUT2D eigenvalue weighted by atomic mass is 9.83. The van der Waals surface area contributed by atoms with Gasteiger partial charge in [0.05, 0.1) is 23.6 Å². The Labute approximate surface area is 204 Å². The van der Waals surface area contributed by atoms with Crippen LogP contribution in [0.5, 0.6) is 11.6 Å². The number of methoxy groups -OCH3 is 1. The zero-order valence-corrected chi connectivity index (χ0v) is 21.1. The first-order chi connectivity index (χ1) is 15.9. The molecule has 1 aromatic heterocycles. The number of ether oxygens (including phenoxy) is 3. The molecule has 0 unspecified atom stereocenters. The maximum absolute atomic E-state index is 12.5. The largest absolute Gasteiger partial charge is 0.492 e. The van der Waals surface area contributed by atoms with Crippen LogP contribution in [0.15, 0.2) is 65.3 Å². The van der Waals surface area contributed by atoms with Crippen LogP contribution in [0.4, 0.5) is 0 Å². The SMILES string of the molecule is CCCCOc1c(Br)cc(C(C)(C)C(=O)OC)cc1-c1cccnc1OCc1ccccc1. The predicted octanol–water partition coefficient (Wildman–Crippen LogP) is 6.72. The molecular weight excluding hydrogens is 482 g/mol. The minimum absolute atomic E-state index is 0.313. The number of benzene rings is 2. The number of pyridine rings is 1. The van der Waals surface area contributed by atoms with E-state index in [1.807, 2.05) is 68.4 Å². The van der Waals surface area contributed by atoms with Gasteiger partial charge in [-0.3, -0.25) is 4.79 Å². The monoisotopic (exact) mass is 511 g/mol. The molecule has 0 aliphatic carbocycles. The highest BCUT2D eigenvalue weighted by molar-refractivity contribution is 9.10. The first-order valence-corrected chi connectivity index (χ1v) is 11.8. The van der Waals surface area contributed by atoms with Crippen LogP contribution in [0, 0.1) is 0 Å². The van der Waals surface area contributed by atoms with Gasteiger partial charge in [0.2, 0.25) is 5.88 Å². The van der Waals surface area contributed by atoms with Crippen LogP contribution in [-0.2, 0) is 21.6 Å². The van der Waals surface area contributed by atoms with Crippen LogP contribution < -0.4 is 9.47 Å². The lowest BCUT2D eigenvalue weighted by Crippen LogP contribution is -2.30. The molecule has 2 aromatic carbocycles. The van der Waals surface area contributed by atoms with Crippen molar-refractivity contribution in [1.82, 2.24) is 4.98 Å². The molecule has 3 rings (SSSR count). The first-order valence-electron chi connectivity index (χ1n) is 11.1. The smallest absolute Gasteiger partial charge is 0.315 e. The molecule has 0 amide bonds. The maximum Gasteiger partial charge on any atom is 0.315 e. The van der Waals surface area contributed by atoms with Crippen LogP contribution in [0.25, 0.3) is 11.1 Å². The summed E-state index contributed by atoms with van der Waals surface area (Å²) in [6, 6.07) is 17.7. The number of carbonyl (C=O) groups excluding carboxylic acids is 1. The van der Waals surface area contributed by atoms with Crippen LogP contribution in [-0.4, -0.2) is 24.7 Å². The maximum atomic E-state index is 12.5. The lowest BCUT2D eigenvalue weighted by molar-refractivity contribution is -0.146. The normalized spacial score (nSPS) is 11.2. The summed E-state index contributed by atoms with van der Waals surface area (Å²) in [4.78, 5) is 17.0. The van der Waals surface area contributed by atoms with Crippen molar-refractivity contribution in [3.8, 4) is 22.8 Å². The molecule has 0 bridgehead atoms. The van der Waals surface area contributed by atoms with Gasteiger partial charge in [-0.05, 0) is 71.6 Å². The summed E-state index contributed by atoms with van der Waals surface area (Å²) < 4.78 is 18.1. The van der Waals surface area contributed by atoms with Gasteiger partial charge in [0, 0.05) is 17.3 Å². The van der Waals surface area contributed by atoms with Crippen LogP contribution in [0.1, 0.15) is 44.7 Å². The summed E-state index contributed by atoms with van der Waals surface area (Å²) in [6.45, 7) is 6.79. The van der Waals surface area contributed by atoms with E-state index in [1.165, 1.54) is 7.11 Å². The van der Waals surface area contributed by atoms with E-state index in [0.29, 0.717) is 24.8 Å². The zero-order chi connectivity index (χ0) is 23.8. The predicted molar refractivity (Wildman–Crippen MR) is 134 cm³/mol. The molecule has 0 radical (unpaired) electrons. The second-order valence-corrected chi connectivity index (χ2v) is 9.14. The fourth-order valence-electron chi connectivity index (χ4n) is 3.43. The molecule has 1 heterocycles. The Bertz CT molecular complexity index is 1080. The van der Waals surface area contributed by atoms with Gasteiger partial charge in [-0.1, -0.05) is 43.7 Å². The number of rotatable bonds is 10. The molecule has 33 heavy (non-hydrogen) atoms. The lowest BCUT2D eigenvalue weighted by Gasteiger charge is -2.25. The van der Waals surface area contributed by atoms with Crippen molar-refractivity contribution in [3.63, 3.8) is 0 Å².